The van der Waals surface area contributed by atoms with Gasteiger partial charge in [0.25, 0.3) is 5.56 Å². The van der Waals surface area contributed by atoms with Crippen molar-refractivity contribution in [3.63, 3.8) is 0 Å². The van der Waals surface area contributed by atoms with Gasteiger partial charge in [0.15, 0.2) is 0 Å². The predicted octanol–water partition coefficient (Wildman–Crippen LogP) is 4.56. The number of carbonyl (C=O) groups excluding carboxylic acids is 1. The molecule has 2 aliphatic rings. The van der Waals surface area contributed by atoms with Crippen LogP contribution in [-0.4, -0.2) is 35.0 Å². The lowest BCUT2D eigenvalue weighted by Crippen LogP contribution is -2.48. The summed E-state index contributed by atoms with van der Waals surface area (Å²) < 4.78 is 0.644. The summed E-state index contributed by atoms with van der Waals surface area (Å²) in [4.78, 5) is 35.8. The van der Waals surface area contributed by atoms with Crippen LogP contribution in [0.2, 0.25) is 0 Å². The number of aromatic nitrogens is 2. The number of carbonyl (C=O) groups is 1. The Hall–Kier alpha value is -2.67. The number of hydrogen-bond donors (Lipinski definition) is 2. The molecule has 3 atom stereocenters. The highest BCUT2D eigenvalue weighted by Gasteiger charge is 2.30. The van der Waals surface area contributed by atoms with E-state index in [2.05, 4.69) is 22.1 Å². The van der Waals surface area contributed by atoms with Crippen LogP contribution in [0.25, 0.3) is 21.3 Å². The van der Waals surface area contributed by atoms with E-state index in [4.69, 9.17) is 4.98 Å². The summed E-state index contributed by atoms with van der Waals surface area (Å²) in [5.41, 5.74) is 2.66. The van der Waals surface area contributed by atoms with E-state index in [9.17, 15) is 9.59 Å². The molecule has 2 N–H and O–H groups in total. The molecule has 7 heteroatoms. The van der Waals surface area contributed by atoms with Crippen LogP contribution in [-0.2, 0) is 4.79 Å². The third-order valence-electron chi connectivity index (χ3n) is 7.03. The van der Waals surface area contributed by atoms with Crippen molar-refractivity contribution in [1.82, 2.24) is 15.3 Å². The molecule has 168 valence electrons. The highest BCUT2D eigenvalue weighted by molar-refractivity contribution is 7.17. The monoisotopic (exact) mass is 450 g/mol. The standard InChI is InChI=1S/C25H30N4O2S/c1-16-8-5-6-12-20(16)26-23(30)18-11-7-13-29(14-18)25-27-21-19(17-9-3-2-4-10-17)15-32-22(21)24(31)28-25/h2-4,9-10,15-16,18,20H,5-8,11-14H2,1H3,(H,26,30)(H,27,28,31)/t16-,18+,20+/m1/s1. The number of thiophene rings is 1. The van der Waals surface area contributed by atoms with Crippen molar-refractivity contribution < 1.29 is 4.79 Å². The summed E-state index contributed by atoms with van der Waals surface area (Å²) in [6.07, 6.45) is 6.52. The van der Waals surface area contributed by atoms with Crippen LogP contribution in [0.15, 0.2) is 40.5 Å². The van der Waals surface area contributed by atoms with Crippen molar-refractivity contribution in [3.05, 3.63) is 46.1 Å². The van der Waals surface area contributed by atoms with Crippen LogP contribution in [0, 0.1) is 11.8 Å². The number of H-pyrrole nitrogens is 1. The van der Waals surface area contributed by atoms with E-state index in [-0.39, 0.29) is 17.4 Å². The van der Waals surface area contributed by atoms with Crippen molar-refractivity contribution in [1.29, 1.82) is 0 Å². The third kappa shape index (κ3) is 4.18. The second-order valence-corrected chi connectivity index (χ2v) is 10.1. The van der Waals surface area contributed by atoms with Crippen LogP contribution in [0.1, 0.15) is 45.4 Å². The zero-order valence-corrected chi connectivity index (χ0v) is 19.3. The number of anilines is 1. The molecule has 0 radical (unpaired) electrons. The maximum atomic E-state index is 13.0. The zero-order valence-electron chi connectivity index (χ0n) is 18.5. The summed E-state index contributed by atoms with van der Waals surface area (Å²) in [6, 6.07) is 10.3. The van der Waals surface area contributed by atoms with E-state index in [0.717, 1.165) is 42.5 Å². The number of nitrogens with zero attached hydrogens (tertiary/aromatic N) is 2. The summed E-state index contributed by atoms with van der Waals surface area (Å²) in [5, 5.41) is 5.33. The molecule has 1 saturated heterocycles. The summed E-state index contributed by atoms with van der Waals surface area (Å²) in [7, 11) is 0. The molecule has 1 aliphatic heterocycles. The molecular formula is C25H30N4O2S. The minimum atomic E-state index is -0.111. The first kappa shape index (κ1) is 21.2. The molecule has 5 rings (SSSR count). The van der Waals surface area contributed by atoms with Gasteiger partial charge in [0.1, 0.15) is 4.70 Å². The molecular weight excluding hydrogens is 420 g/mol. The van der Waals surface area contributed by atoms with E-state index >= 15 is 0 Å². The number of amides is 1. The van der Waals surface area contributed by atoms with Gasteiger partial charge >= 0.3 is 0 Å². The first-order valence-corrected chi connectivity index (χ1v) is 12.6. The number of rotatable bonds is 4. The minimum Gasteiger partial charge on any atom is -0.353 e. The fourth-order valence-corrected chi connectivity index (χ4v) is 6.01. The number of nitrogens with one attached hydrogen (secondary N) is 2. The lowest BCUT2D eigenvalue weighted by atomic mass is 9.85. The van der Waals surface area contributed by atoms with Crippen molar-refractivity contribution in [2.24, 2.45) is 11.8 Å². The van der Waals surface area contributed by atoms with Crippen molar-refractivity contribution in [2.45, 2.75) is 51.5 Å². The van der Waals surface area contributed by atoms with E-state index < -0.39 is 0 Å². The molecule has 3 aromatic rings. The fraction of sp³-hybridized carbons (Fsp3) is 0.480. The maximum absolute atomic E-state index is 13.0. The number of benzene rings is 1. The molecule has 1 saturated carbocycles. The van der Waals surface area contributed by atoms with Gasteiger partial charge in [-0.25, -0.2) is 4.98 Å². The van der Waals surface area contributed by atoms with E-state index in [0.29, 0.717) is 29.2 Å². The molecule has 1 aromatic carbocycles. The number of fused-ring (bicyclic) bond motifs is 1. The zero-order chi connectivity index (χ0) is 22.1. The number of hydrogen-bond acceptors (Lipinski definition) is 5. The average Bonchev–Trinajstić information content (AvgIpc) is 3.26. The largest absolute Gasteiger partial charge is 0.353 e. The molecule has 0 bridgehead atoms. The lowest BCUT2D eigenvalue weighted by Gasteiger charge is -2.35. The molecule has 2 aromatic heterocycles. The van der Waals surface area contributed by atoms with Crippen LogP contribution in [0.5, 0.6) is 0 Å². The molecule has 1 aliphatic carbocycles. The van der Waals surface area contributed by atoms with Gasteiger partial charge in [0.2, 0.25) is 11.9 Å². The van der Waals surface area contributed by atoms with Gasteiger partial charge in [-0.2, -0.15) is 0 Å². The molecule has 32 heavy (non-hydrogen) atoms. The first-order chi connectivity index (χ1) is 15.6. The van der Waals surface area contributed by atoms with Crippen molar-refractivity contribution >= 4 is 33.4 Å². The highest BCUT2D eigenvalue weighted by Crippen LogP contribution is 2.32. The van der Waals surface area contributed by atoms with Crippen LogP contribution < -0.4 is 15.8 Å². The molecule has 3 heterocycles. The topological polar surface area (TPSA) is 78.1 Å². The van der Waals surface area contributed by atoms with E-state index in [1.54, 1.807) is 0 Å². The highest BCUT2D eigenvalue weighted by atomic mass is 32.1. The third-order valence-corrected chi connectivity index (χ3v) is 8.00. The number of aromatic amines is 1. The van der Waals surface area contributed by atoms with Crippen molar-refractivity contribution in [3.8, 4) is 11.1 Å². The fourth-order valence-electron chi connectivity index (χ4n) is 5.10. The van der Waals surface area contributed by atoms with Gasteiger partial charge in [-0.3, -0.25) is 14.6 Å². The SMILES string of the molecule is C[C@@H]1CCCC[C@@H]1NC(=O)[C@H]1CCCN(c2nc3c(-c4ccccc4)csc3c(=O)[nH]2)C1. The van der Waals surface area contributed by atoms with Gasteiger partial charge in [0.05, 0.1) is 11.4 Å². The normalized spacial score (nSPS) is 23.9. The Morgan fingerprint density at radius 2 is 1.97 bits per heavy atom. The Balaban J connectivity index is 1.37. The van der Waals surface area contributed by atoms with E-state index in [1.165, 1.54) is 30.6 Å². The van der Waals surface area contributed by atoms with Gasteiger partial charge in [-0.15, -0.1) is 11.3 Å². The Morgan fingerprint density at radius 3 is 2.78 bits per heavy atom. The predicted molar refractivity (Wildman–Crippen MR) is 130 cm³/mol. The Kier molecular flexibility index (Phi) is 6.00. The molecule has 0 spiro atoms. The molecule has 2 fully saturated rings. The Bertz CT molecular complexity index is 1160. The average molecular weight is 451 g/mol. The molecule has 0 unspecified atom stereocenters. The molecule has 1 amide bonds. The van der Waals surface area contributed by atoms with Crippen molar-refractivity contribution in [2.75, 3.05) is 18.0 Å². The van der Waals surface area contributed by atoms with Gasteiger partial charge in [-0.1, -0.05) is 50.1 Å². The van der Waals surface area contributed by atoms with Gasteiger partial charge in [0, 0.05) is 30.1 Å². The smallest absolute Gasteiger partial charge is 0.270 e. The first-order valence-electron chi connectivity index (χ1n) is 11.7. The van der Waals surface area contributed by atoms with Gasteiger partial charge in [-0.05, 0) is 37.2 Å². The van der Waals surface area contributed by atoms with Gasteiger partial charge < -0.3 is 10.2 Å². The second-order valence-electron chi connectivity index (χ2n) is 9.24. The Morgan fingerprint density at radius 1 is 1.16 bits per heavy atom. The summed E-state index contributed by atoms with van der Waals surface area (Å²) in [6.45, 7) is 3.63. The minimum absolute atomic E-state index is 0.0741. The summed E-state index contributed by atoms with van der Waals surface area (Å²) in [5.74, 6) is 1.19. The number of piperidine rings is 1. The molecule has 6 nitrogen and oxygen atoms in total. The lowest BCUT2D eigenvalue weighted by molar-refractivity contribution is -0.126. The maximum Gasteiger partial charge on any atom is 0.270 e. The Labute approximate surface area is 192 Å². The van der Waals surface area contributed by atoms with Crippen LogP contribution in [0.4, 0.5) is 5.95 Å². The van der Waals surface area contributed by atoms with E-state index in [1.807, 2.05) is 35.7 Å². The summed E-state index contributed by atoms with van der Waals surface area (Å²) >= 11 is 1.43. The van der Waals surface area contributed by atoms with Crippen LogP contribution in [0.3, 0.4) is 0 Å². The quantitative estimate of drug-likeness (QED) is 0.611. The van der Waals surface area contributed by atoms with Crippen LogP contribution >= 0.6 is 11.3 Å². The second kappa shape index (κ2) is 9.06.